The number of aldehydes is 1. The zero-order chi connectivity index (χ0) is 53.7. The number of nitrogens with zero attached hydrogens (tertiary/aromatic N) is 4. The zero-order valence-electron chi connectivity index (χ0n) is 42.2. The van der Waals surface area contributed by atoms with E-state index in [-0.39, 0.29) is 35.5 Å². The molecule has 21 heteroatoms. The van der Waals surface area contributed by atoms with Crippen molar-refractivity contribution < 1.29 is 51.7 Å². The predicted molar refractivity (Wildman–Crippen MR) is 279 cm³/mol. The summed E-state index contributed by atoms with van der Waals surface area (Å²) in [5.74, 6) is 1.23. The van der Waals surface area contributed by atoms with E-state index in [0.29, 0.717) is 96.1 Å². The summed E-state index contributed by atoms with van der Waals surface area (Å²) in [7, 11) is 5.95. The van der Waals surface area contributed by atoms with Crippen LogP contribution in [0.5, 0.6) is 23.0 Å². The number of carbonyl (C=O) groups excluding carboxylic acids is 5. The molecule has 0 saturated carbocycles. The Hall–Kier alpha value is -9.27. The van der Waals surface area contributed by atoms with Gasteiger partial charge in [-0.1, -0.05) is 27.7 Å². The Labute approximate surface area is 428 Å². The van der Waals surface area contributed by atoms with Gasteiger partial charge >= 0.3 is 12.1 Å². The van der Waals surface area contributed by atoms with Gasteiger partial charge < -0.3 is 50.2 Å². The smallest absolute Gasteiger partial charge is 0.318 e. The Morgan fingerprint density at radius 3 is 1.71 bits per heavy atom. The van der Waals surface area contributed by atoms with Gasteiger partial charge in [-0.15, -0.1) is 0 Å². The molecular weight excluding hydrogens is 971 g/mol. The maximum atomic E-state index is 15.0. The molecule has 6 heterocycles. The van der Waals surface area contributed by atoms with E-state index in [1.807, 2.05) is 21.8 Å². The van der Waals surface area contributed by atoms with Gasteiger partial charge in [-0.25, -0.2) is 18.4 Å². The van der Waals surface area contributed by atoms with Crippen molar-refractivity contribution >= 4 is 69.2 Å². The molecule has 10 rings (SSSR count). The summed E-state index contributed by atoms with van der Waals surface area (Å²) in [6, 6.07) is 15.0. The number of fused-ring (bicyclic) bond motifs is 4. The number of methoxy groups -OCH3 is 2. The summed E-state index contributed by atoms with van der Waals surface area (Å²) >= 11 is 0. The first kappa shape index (κ1) is 52.1. The Morgan fingerprint density at radius 1 is 0.720 bits per heavy atom. The molecule has 4 aromatic heterocycles. The largest absolute Gasteiger partial charge is 0.497 e. The highest BCUT2D eigenvalue weighted by Crippen LogP contribution is 2.40. The summed E-state index contributed by atoms with van der Waals surface area (Å²) in [6.45, 7) is 9.97. The van der Waals surface area contributed by atoms with Crippen LogP contribution in [0.4, 0.5) is 29.7 Å². The molecule has 0 bridgehead atoms. The first-order valence-corrected chi connectivity index (χ1v) is 23.7. The van der Waals surface area contributed by atoms with Crippen molar-refractivity contribution in [3.05, 3.63) is 125 Å². The molecule has 75 heavy (non-hydrogen) atoms. The number of urea groups is 2. The van der Waals surface area contributed by atoms with Gasteiger partial charge in [-0.2, -0.15) is 10.2 Å². The van der Waals surface area contributed by atoms with Gasteiger partial charge in [-0.3, -0.25) is 23.7 Å². The van der Waals surface area contributed by atoms with Crippen LogP contribution < -0.4 is 40.2 Å². The van der Waals surface area contributed by atoms with Gasteiger partial charge in [0.25, 0.3) is 0 Å². The van der Waals surface area contributed by atoms with Crippen LogP contribution in [0, 0.1) is 23.5 Å². The summed E-state index contributed by atoms with van der Waals surface area (Å²) < 4.78 is 54.2. The predicted octanol–water partition coefficient (Wildman–Crippen LogP) is 9.86. The van der Waals surface area contributed by atoms with E-state index in [9.17, 15) is 28.4 Å². The highest BCUT2D eigenvalue weighted by atomic mass is 19.1. The number of halogens is 2. The van der Waals surface area contributed by atoms with Crippen molar-refractivity contribution in [2.75, 3.05) is 45.6 Å². The Balaban J connectivity index is 0.000000166. The lowest BCUT2D eigenvalue weighted by atomic mass is 10.0. The summed E-state index contributed by atoms with van der Waals surface area (Å²) in [6.07, 6.45) is 9.44. The molecule has 0 saturated heterocycles. The number of amides is 4. The van der Waals surface area contributed by atoms with E-state index >= 15 is 4.39 Å². The second-order valence-electron chi connectivity index (χ2n) is 18.2. The molecule has 0 fully saturated rings. The van der Waals surface area contributed by atoms with E-state index in [0.717, 1.165) is 30.5 Å². The van der Waals surface area contributed by atoms with E-state index in [1.54, 1.807) is 67.0 Å². The van der Waals surface area contributed by atoms with Crippen LogP contribution in [0.15, 0.2) is 91.2 Å². The van der Waals surface area contributed by atoms with Crippen molar-refractivity contribution in [2.24, 2.45) is 11.8 Å². The molecule has 19 nitrogen and oxygen atoms in total. The van der Waals surface area contributed by atoms with Crippen LogP contribution >= 0.6 is 0 Å². The minimum absolute atomic E-state index is 0.0643. The fraction of sp³-hybridized carbons (Fsp3) is 0.241. The number of carbonyl (C=O) groups is 5. The highest BCUT2D eigenvalue weighted by molar-refractivity contribution is 6.16. The molecular formula is C54H54F2N10O9. The SMILES string of the molecule is CNC(=O)Nc1ccc2c(c1)C(=O)/C(=C/c1c(-c3cnn(CC(C)C)c3)[nH]c3c(F)cc(OC)cc13)O2.CNC(=O)Nc1ccc2c(c1)C(=O)CO2.COc1cc(F)c2[nH]c(-c3cnn(CC(C)C)c3)c(C=O)c2c1. The topological polar surface area (TPSA) is 238 Å². The summed E-state index contributed by atoms with van der Waals surface area (Å²) in [4.78, 5) is 65.0. The van der Waals surface area contributed by atoms with Crippen LogP contribution in [-0.4, -0.2) is 94.4 Å². The standard InChI is InChI=1S/C27H26FN5O4.C17H18FN3O2.C10H10N2O3/c1-14(2)12-33-13-15(11-30-33)24-19(18-8-17(36-4)9-21(28)25(18)32-24)10-23-26(34)20-7-16(31-27(35)29-3)5-6-22(20)37-23;1-10(2)7-21-8-11(6-19-21)16-14(9-22)13-4-12(23-3)5-15(18)17(13)20-16;1-11-10(14)12-6-2-3-9-7(4-6)8(13)5-15-9/h5-11,13-14,32H,12H2,1-4H3,(H2,29,31,35);4-6,8-10,20H,7H2,1-3H3;2-4H,5H2,1H3,(H2,11,12,14)/b23-10-;;. The molecule has 0 spiro atoms. The first-order chi connectivity index (χ1) is 36.0. The van der Waals surface area contributed by atoms with Gasteiger partial charge in [0.2, 0.25) is 11.6 Å². The number of hydrogen-bond acceptors (Lipinski definition) is 11. The zero-order valence-corrected chi connectivity index (χ0v) is 42.2. The third kappa shape index (κ3) is 11.4. The Morgan fingerprint density at radius 2 is 1.21 bits per heavy atom. The Bertz CT molecular complexity index is 3530. The third-order valence-electron chi connectivity index (χ3n) is 11.8. The second kappa shape index (κ2) is 22.2. The molecule has 6 N–H and O–H groups in total. The number of ether oxygens (including phenoxy) is 4. The molecule has 8 aromatic rings. The molecule has 0 radical (unpaired) electrons. The second-order valence-corrected chi connectivity index (χ2v) is 18.2. The number of benzene rings is 4. The van der Waals surface area contributed by atoms with Crippen LogP contribution in [0.25, 0.3) is 50.4 Å². The van der Waals surface area contributed by atoms with Gasteiger partial charge in [0, 0.05) is 96.1 Å². The number of nitrogens with one attached hydrogen (secondary N) is 6. The lowest BCUT2D eigenvalue weighted by Crippen LogP contribution is -2.24. The number of hydrogen-bond donors (Lipinski definition) is 6. The van der Waals surface area contributed by atoms with E-state index in [2.05, 4.69) is 69.1 Å². The van der Waals surface area contributed by atoms with Crippen LogP contribution in [-0.2, 0) is 13.1 Å². The molecule has 2 aliphatic heterocycles. The van der Waals surface area contributed by atoms with Crippen LogP contribution in [0.2, 0.25) is 0 Å². The van der Waals surface area contributed by atoms with Crippen molar-refractivity contribution in [1.82, 2.24) is 40.2 Å². The quantitative estimate of drug-likeness (QED) is 0.0497. The molecule has 0 atom stereocenters. The van der Waals surface area contributed by atoms with Gasteiger partial charge in [0.1, 0.15) is 23.0 Å². The number of Topliss-reactive ketones (excluding diaryl/α,β-unsaturated/α-hetero) is 2. The van der Waals surface area contributed by atoms with Crippen molar-refractivity contribution in [3.63, 3.8) is 0 Å². The van der Waals surface area contributed by atoms with Crippen molar-refractivity contribution in [3.8, 4) is 45.5 Å². The van der Waals surface area contributed by atoms with Crippen molar-refractivity contribution in [2.45, 2.75) is 40.8 Å². The molecule has 2 aliphatic rings. The number of ketones is 2. The number of aromatic nitrogens is 6. The van der Waals surface area contributed by atoms with E-state index < -0.39 is 17.7 Å². The maximum absolute atomic E-state index is 15.0. The van der Waals surface area contributed by atoms with Gasteiger partial charge in [0.15, 0.2) is 30.3 Å². The van der Waals surface area contributed by atoms with E-state index in [4.69, 9.17) is 18.9 Å². The van der Waals surface area contributed by atoms with Crippen LogP contribution in [0.3, 0.4) is 0 Å². The van der Waals surface area contributed by atoms with Crippen molar-refractivity contribution in [1.29, 1.82) is 0 Å². The number of allylic oxidation sites excluding steroid dienone is 1. The molecule has 4 amide bonds. The lowest BCUT2D eigenvalue weighted by Gasteiger charge is -2.05. The summed E-state index contributed by atoms with van der Waals surface area (Å²) in [5.41, 5.74) is 6.05. The third-order valence-corrected chi connectivity index (χ3v) is 11.8. The Kier molecular flexibility index (Phi) is 15.4. The number of aromatic amines is 2. The minimum atomic E-state index is -0.485. The van der Waals surface area contributed by atoms with E-state index in [1.165, 1.54) is 40.4 Å². The maximum Gasteiger partial charge on any atom is 0.318 e. The number of anilines is 2. The van der Waals surface area contributed by atoms with Gasteiger partial charge in [0.05, 0.1) is 60.2 Å². The fourth-order valence-corrected chi connectivity index (χ4v) is 8.35. The highest BCUT2D eigenvalue weighted by Gasteiger charge is 2.30. The average Bonchev–Trinajstić information content (AvgIpc) is 4.27. The molecule has 4 aromatic carbocycles. The summed E-state index contributed by atoms with van der Waals surface area (Å²) in [5, 5.41) is 19.9. The monoisotopic (exact) mass is 1020 g/mol. The average molecular weight is 1030 g/mol. The fourth-order valence-electron chi connectivity index (χ4n) is 8.35. The molecule has 0 unspecified atom stereocenters. The molecule has 388 valence electrons. The molecule has 0 aliphatic carbocycles. The normalized spacial score (nSPS) is 12.9. The van der Waals surface area contributed by atoms with Crippen LogP contribution in [0.1, 0.15) is 64.3 Å². The number of rotatable bonds is 12. The first-order valence-electron chi connectivity index (χ1n) is 23.7. The minimum Gasteiger partial charge on any atom is -0.497 e. The lowest BCUT2D eigenvalue weighted by molar-refractivity contribution is 0.0960. The number of H-pyrrole nitrogens is 2. The van der Waals surface area contributed by atoms with Gasteiger partial charge in [-0.05, 0) is 66.4 Å².